The summed E-state index contributed by atoms with van der Waals surface area (Å²) in [6.07, 6.45) is -8.99. The van der Waals surface area contributed by atoms with Gasteiger partial charge in [0.25, 0.3) is 0 Å². The van der Waals surface area contributed by atoms with Crippen LogP contribution in [0.4, 0.5) is 31.1 Å². The number of carbonyl (C=O) groups excluding carboxylic acids is 1. The van der Waals surface area contributed by atoms with Crippen LogP contribution in [-0.4, -0.2) is 29.2 Å². The molecule has 1 aliphatic heterocycles. The number of carbonyl (C=O) groups is 1. The molecule has 0 unspecified atom stereocenters. The van der Waals surface area contributed by atoms with E-state index in [1.165, 1.54) is 17.0 Å². The van der Waals surface area contributed by atoms with Crippen molar-refractivity contribution >= 4 is 6.03 Å². The smallest absolute Gasteiger partial charge is 0.323 e. The Balaban J connectivity index is 1.69. The van der Waals surface area contributed by atoms with Crippen molar-refractivity contribution in [2.24, 2.45) is 0 Å². The lowest BCUT2D eigenvalue weighted by molar-refractivity contribution is -0.163. The number of fused-ring (bicyclic) bond motifs is 1. The standard InChI is InChI=1S/C21H18F6N2O/c22-20(23,24)15-7-5-14(6-8-15)17-16-4-2-1-3-13(16)9-12-29(17)18(30)28-19(10-11-19)21(25,26)27/h1-8,17H,9-12H2,(H,28,30)/t17-/m1/s1. The first kappa shape index (κ1) is 20.6. The van der Waals surface area contributed by atoms with Crippen LogP contribution in [0.1, 0.15) is 41.1 Å². The third-order valence-electron chi connectivity index (χ3n) is 5.74. The number of halogens is 6. The first-order chi connectivity index (χ1) is 14.0. The van der Waals surface area contributed by atoms with E-state index >= 15 is 0 Å². The van der Waals surface area contributed by atoms with E-state index in [0.29, 0.717) is 17.5 Å². The van der Waals surface area contributed by atoms with Crippen molar-refractivity contribution in [3.8, 4) is 0 Å². The number of amides is 2. The quantitative estimate of drug-likeness (QED) is 0.634. The van der Waals surface area contributed by atoms with Crippen LogP contribution in [0.2, 0.25) is 0 Å². The molecule has 2 aromatic rings. The van der Waals surface area contributed by atoms with Gasteiger partial charge in [-0.3, -0.25) is 0 Å². The minimum Gasteiger partial charge on any atom is -0.323 e. The predicted octanol–water partition coefficient (Wildman–Crippen LogP) is 5.46. The lowest BCUT2D eigenvalue weighted by Crippen LogP contribution is -2.54. The van der Waals surface area contributed by atoms with E-state index in [9.17, 15) is 31.1 Å². The van der Waals surface area contributed by atoms with Crippen LogP contribution in [0.15, 0.2) is 48.5 Å². The van der Waals surface area contributed by atoms with Crippen molar-refractivity contribution in [1.29, 1.82) is 0 Å². The molecule has 160 valence electrons. The topological polar surface area (TPSA) is 32.3 Å². The van der Waals surface area contributed by atoms with Crippen molar-refractivity contribution in [2.45, 2.75) is 43.2 Å². The Morgan fingerprint density at radius 1 is 0.967 bits per heavy atom. The molecular formula is C21H18F6N2O. The number of alkyl halides is 6. The molecule has 0 aromatic heterocycles. The molecule has 0 bridgehead atoms. The molecule has 4 rings (SSSR count). The molecule has 1 atom stereocenters. The van der Waals surface area contributed by atoms with E-state index in [4.69, 9.17) is 0 Å². The summed E-state index contributed by atoms with van der Waals surface area (Å²) in [5.74, 6) is 0. The first-order valence-corrected chi connectivity index (χ1v) is 9.42. The van der Waals surface area contributed by atoms with E-state index in [0.717, 1.165) is 17.7 Å². The SMILES string of the molecule is O=C(NC1(C(F)(F)F)CC1)N1CCc2ccccc2[C@H]1c1ccc(C(F)(F)F)cc1. The molecule has 9 heteroatoms. The molecule has 2 aliphatic rings. The largest absolute Gasteiger partial charge is 0.416 e. The van der Waals surface area contributed by atoms with Crippen molar-refractivity contribution in [1.82, 2.24) is 10.2 Å². The van der Waals surface area contributed by atoms with Gasteiger partial charge in [-0.2, -0.15) is 26.3 Å². The van der Waals surface area contributed by atoms with E-state index in [2.05, 4.69) is 5.32 Å². The lowest BCUT2D eigenvalue weighted by atomic mass is 9.88. The fourth-order valence-corrected chi connectivity index (χ4v) is 3.88. The Labute approximate surface area is 168 Å². The Bertz CT molecular complexity index is 947. The van der Waals surface area contributed by atoms with E-state index in [1.807, 2.05) is 6.07 Å². The Kier molecular flexibility index (Phi) is 4.74. The molecule has 1 aliphatic carbocycles. The summed E-state index contributed by atoms with van der Waals surface area (Å²) in [5.41, 5.74) is -1.05. The summed E-state index contributed by atoms with van der Waals surface area (Å²) in [5, 5.41) is 2.13. The molecule has 3 nitrogen and oxygen atoms in total. The average Bonchev–Trinajstić information content (AvgIpc) is 3.47. The molecule has 2 aromatic carbocycles. The molecule has 1 heterocycles. The summed E-state index contributed by atoms with van der Waals surface area (Å²) >= 11 is 0. The molecule has 1 saturated carbocycles. The molecule has 0 spiro atoms. The molecular weight excluding hydrogens is 410 g/mol. The van der Waals surface area contributed by atoms with Gasteiger partial charge in [0, 0.05) is 6.54 Å². The third-order valence-corrected chi connectivity index (χ3v) is 5.74. The van der Waals surface area contributed by atoms with Crippen molar-refractivity contribution in [3.05, 3.63) is 70.8 Å². The molecule has 1 fully saturated rings. The fraction of sp³-hybridized carbons (Fsp3) is 0.381. The molecule has 30 heavy (non-hydrogen) atoms. The van der Waals surface area contributed by atoms with Gasteiger partial charge in [-0.15, -0.1) is 0 Å². The maximum Gasteiger partial charge on any atom is 0.416 e. The van der Waals surface area contributed by atoms with Gasteiger partial charge >= 0.3 is 18.4 Å². The summed E-state index contributed by atoms with van der Waals surface area (Å²) in [7, 11) is 0. The van der Waals surface area contributed by atoms with Gasteiger partial charge < -0.3 is 10.2 Å². The summed E-state index contributed by atoms with van der Waals surface area (Å²) in [6.45, 7) is 0.155. The number of rotatable bonds is 2. The van der Waals surface area contributed by atoms with Crippen molar-refractivity contribution < 1.29 is 31.1 Å². The molecule has 2 amide bonds. The number of urea groups is 1. The number of benzene rings is 2. The zero-order valence-corrected chi connectivity index (χ0v) is 15.6. The Hall–Kier alpha value is -2.71. The summed E-state index contributed by atoms with van der Waals surface area (Å²) in [4.78, 5) is 14.1. The Morgan fingerprint density at radius 2 is 1.60 bits per heavy atom. The third kappa shape index (κ3) is 3.61. The fourth-order valence-electron chi connectivity index (χ4n) is 3.88. The van der Waals surface area contributed by atoms with E-state index in [-0.39, 0.29) is 19.4 Å². The number of nitrogens with one attached hydrogen (secondary N) is 1. The van der Waals surface area contributed by atoms with Crippen LogP contribution < -0.4 is 5.32 Å². The van der Waals surface area contributed by atoms with Crippen LogP contribution in [0.5, 0.6) is 0 Å². The zero-order chi connectivity index (χ0) is 21.7. The average molecular weight is 428 g/mol. The number of hydrogen-bond donors (Lipinski definition) is 1. The highest BCUT2D eigenvalue weighted by Crippen LogP contribution is 2.49. The van der Waals surface area contributed by atoms with Crippen molar-refractivity contribution in [3.63, 3.8) is 0 Å². The highest BCUT2D eigenvalue weighted by atomic mass is 19.4. The second-order valence-electron chi connectivity index (χ2n) is 7.67. The number of hydrogen-bond acceptors (Lipinski definition) is 1. The molecule has 0 radical (unpaired) electrons. The van der Waals surface area contributed by atoms with Gasteiger partial charge in [0.2, 0.25) is 0 Å². The second kappa shape index (κ2) is 6.92. The summed E-state index contributed by atoms with van der Waals surface area (Å²) < 4.78 is 78.7. The van der Waals surface area contributed by atoms with E-state index in [1.54, 1.807) is 18.2 Å². The van der Waals surface area contributed by atoms with Crippen LogP contribution >= 0.6 is 0 Å². The van der Waals surface area contributed by atoms with Crippen molar-refractivity contribution in [2.75, 3.05) is 6.54 Å². The predicted molar refractivity (Wildman–Crippen MR) is 96.7 cm³/mol. The van der Waals surface area contributed by atoms with Crippen LogP contribution in [0.25, 0.3) is 0 Å². The normalized spacial score (nSPS) is 20.5. The van der Waals surface area contributed by atoms with E-state index < -0.39 is 35.5 Å². The van der Waals surface area contributed by atoms with Gasteiger partial charge in [0.15, 0.2) is 0 Å². The maximum atomic E-state index is 13.3. The minimum absolute atomic E-state index is 0.155. The zero-order valence-electron chi connectivity index (χ0n) is 15.6. The summed E-state index contributed by atoms with van der Waals surface area (Å²) in [6, 6.07) is 9.86. The number of nitrogens with zero attached hydrogens (tertiary/aromatic N) is 1. The highest BCUT2D eigenvalue weighted by Gasteiger charge is 2.64. The van der Waals surface area contributed by atoms with Gasteiger partial charge in [-0.25, -0.2) is 4.79 Å². The van der Waals surface area contributed by atoms with Crippen LogP contribution in [-0.2, 0) is 12.6 Å². The highest BCUT2D eigenvalue weighted by molar-refractivity contribution is 5.77. The monoisotopic (exact) mass is 428 g/mol. The second-order valence-corrected chi connectivity index (χ2v) is 7.67. The van der Waals surface area contributed by atoms with Gasteiger partial charge in [0.1, 0.15) is 5.54 Å². The van der Waals surface area contributed by atoms with Crippen LogP contribution in [0, 0.1) is 0 Å². The van der Waals surface area contributed by atoms with Gasteiger partial charge in [-0.05, 0) is 48.1 Å². The van der Waals surface area contributed by atoms with Crippen LogP contribution in [0.3, 0.4) is 0 Å². The lowest BCUT2D eigenvalue weighted by Gasteiger charge is -2.39. The Morgan fingerprint density at radius 3 is 2.17 bits per heavy atom. The first-order valence-electron chi connectivity index (χ1n) is 9.42. The minimum atomic E-state index is -4.56. The molecule has 0 saturated heterocycles. The maximum absolute atomic E-state index is 13.3. The van der Waals surface area contributed by atoms with Gasteiger partial charge in [0.05, 0.1) is 11.6 Å². The molecule has 1 N–H and O–H groups in total. The van der Waals surface area contributed by atoms with Gasteiger partial charge in [-0.1, -0.05) is 36.4 Å².